The fourth-order valence-electron chi connectivity index (χ4n) is 1.42. The Balaban J connectivity index is 3.18. The molecule has 0 aromatic carbocycles. The van der Waals surface area contributed by atoms with Crippen molar-refractivity contribution < 1.29 is 0 Å². The lowest BCUT2D eigenvalue weighted by Crippen LogP contribution is -2.29. The van der Waals surface area contributed by atoms with E-state index >= 15 is 0 Å². The van der Waals surface area contributed by atoms with Gasteiger partial charge in [0.1, 0.15) is 5.82 Å². The maximum Gasteiger partial charge on any atom is 0.329 e. The summed E-state index contributed by atoms with van der Waals surface area (Å²) in [6.45, 7) is 1.78. The maximum absolute atomic E-state index is 11.5. The zero-order chi connectivity index (χ0) is 10.5. The van der Waals surface area contributed by atoms with E-state index in [0.717, 1.165) is 0 Å². The smallest absolute Gasteiger partial charge is 0.325 e. The summed E-state index contributed by atoms with van der Waals surface area (Å²) >= 11 is 0. The lowest BCUT2D eigenvalue weighted by atomic mass is 10.5. The van der Waals surface area contributed by atoms with Crippen molar-refractivity contribution >= 4 is 11.2 Å². The average molecular weight is 194 g/mol. The van der Waals surface area contributed by atoms with Crippen molar-refractivity contribution in [3.05, 3.63) is 26.7 Å². The summed E-state index contributed by atoms with van der Waals surface area (Å²) in [6, 6.07) is 0. The van der Waals surface area contributed by atoms with Crippen molar-refractivity contribution in [1.82, 2.24) is 19.1 Å². The SMILES string of the molecule is Cc1nc2c(c(=O)[nH]c(=O)n2C)n1C. The maximum atomic E-state index is 11.5. The number of imidazole rings is 1. The predicted molar refractivity (Wildman–Crippen MR) is 51.3 cm³/mol. The first-order valence-electron chi connectivity index (χ1n) is 4.14. The van der Waals surface area contributed by atoms with Gasteiger partial charge in [0.05, 0.1) is 0 Å². The highest BCUT2D eigenvalue weighted by molar-refractivity contribution is 5.70. The molecule has 0 aliphatic heterocycles. The first kappa shape index (κ1) is 8.74. The molecule has 74 valence electrons. The van der Waals surface area contributed by atoms with Crippen LogP contribution in [0.25, 0.3) is 11.2 Å². The first-order valence-corrected chi connectivity index (χ1v) is 4.14. The van der Waals surface area contributed by atoms with Crippen molar-refractivity contribution in [1.29, 1.82) is 0 Å². The van der Waals surface area contributed by atoms with Crippen molar-refractivity contribution in [3.63, 3.8) is 0 Å². The second kappa shape index (κ2) is 2.57. The van der Waals surface area contributed by atoms with Gasteiger partial charge in [0.15, 0.2) is 11.2 Å². The van der Waals surface area contributed by atoms with Gasteiger partial charge in [-0.05, 0) is 6.92 Å². The van der Waals surface area contributed by atoms with Crippen LogP contribution in [0.4, 0.5) is 0 Å². The van der Waals surface area contributed by atoms with Crippen molar-refractivity contribution in [2.75, 3.05) is 0 Å². The van der Waals surface area contributed by atoms with Crippen LogP contribution in [0.2, 0.25) is 0 Å². The van der Waals surface area contributed by atoms with Gasteiger partial charge in [-0.3, -0.25) is 14.3 Å². The second-order valence-corrected chi connectivity index (χ2v) is 3.21. The lowest BCUT2D eigenvalue weighted by Gasteiger charge is -1.97. The molecule has 2 rings (SSSR count). The number of aromatic amines is 1. The highest BCUT2D eigenvalue weighted by Crippen LogP contribution is 2.06. The number of nitrogens with one attached hydrogen (secondary N) is 1. The number of H-pyrrole nitrogens is 1. The zero-order valence-corrected chi connectivity index (χ0v) is 8.16. The predicted octanol–water partition coefficient (Wildman–Crippen LogP) is -0.731. The van der Waals surface area contributed by atoms with E-state index in [0.29, 0.717) is 17.0 Å². The number of hydrogen-bond acceptors (Lipinski definition) is 3. The van der Waals surface area contributed by atoms with Crippen LogP contribution in [0, 0.1) is 6.92 Å². The number of aromatic nitrogens is 4. The molecule has 0 saturated heterocycles. The first-order chi connectivity index (χ1) is 6.52. The summed E-state index contributed by atoms with van der Waals surface area (Å²) in [6.07, 6.45) is 0. The molecule has 2 aromatic heterocycles. The van der Waals surface area contributed by atoms with E-state index in [2.05, 4.69) is 9.97 Å². The van der Waals surface area contributed by atoms with Gasteiger partial charge in [-0.25, -0.2) is 9.78 Å². The number of nitrogens with zero attached hydrogens (tertiary/aromatic N) is 3. The topological polar surface area (TPSA) is 72.7 Å². The van der Waals surface area contributed by atoms with Crippen molar-refractivity contribution in [2.24, 2.45) is 14.1 Å². The molecule has 0 aliphatic carbocycles. The quantitative estimate of drug-likeness (QED) is 0.600. The molecule has 14 heavy (non-hydrogen) atoms. The van der Waals surface area contributed by atoms with Gasteiger partial charge >= 0.3 is 5.69 Å². The third-order valence-electron chi connectivity index (χ3n) is 2.36. The molecule has 0 saturated carbocycles. The molecule has 0 amide bonds. The van der Waals surface area contributed by atoms with Crippen LogP contribution < -0.4 is 11.2 Å². The van der Waals surface area contributed by atoms with Gasteiger partial charge < -0.3 is 4.57 Å². The Morgan fingerprint density at radius 1 is 1.21 bits per heavy atom. The van der Waals surface area contributed by atoms with E-state index in [-0.39, 0.29) is 0 Å². The van der Waals surface area contributed by atoms with E-state index in [1.54, 1.807) is 25.6 Å². The summed E-state index contributed by atoms with van der Waals surface area (Å²) in [5.41, 5.74) is -0.00449. The number of hydrogen-bond donors (Lipinski definition) is 1. The fourth-order valence-corrected chi connectivity index (χ4v) is 1.42. The Labute approximate surface area is 78.8 Å². The van der Waals surface area contributed by atoms with Gasteiger partial charge in [-0.1, -0.05) is 0 Å². The van der Waals surface area contributed by atoms with Crippen molar-refractivity contribution in [2.45, 2.75) is 6.92 Å². The van der Waals surface area contributed by atoms with Crippen LogP contribution in [-0.2, 0) is 14.1 Å². The number of fused-ring (bicyclic) bond motifs is 1. The van der Waals surface area contributed by atoms with Gasteiger partial charge in [0, 0.05) is 14.1 Å². The number of rotatable bonds is 0. The van der Waals surface area contributed by atoms with E-state index in [4.69, 9.17) is 0 Å². The molecule has 0 spiro atoms. The molecule has 2 heterocycles. The normalized spacial score (nSPS) is 11.1. The lowest BCUT2D eigenvalue weighted by molar-refractivity contribution is 0.829. The Morgan fingerprint density at radius 2 is 1.86 bits per heavy atom. The third kappa shape index (κ3) is 0.935. The van der Waals surface area contributed by atoms with Crippen LogP contribution in [0.15, 0.2) is 9.59 Å². The molecule has 0 aliphatic rings. The molecule has 0 fully saturated rings. The van der Waals surface area contributed by atoms with Gasteiger partial charge in [-0.2, -0.15) is 0 Å². The van der Waals surface area contributed by atoms with E-state index in [1.807, 2.05) is 0 Å². The van der Waals surface area contributed by atoms with Crippen LogP contribution in [0.3, 0.4) is 0 Å². The molecule has 1 N–H and O–H groups in total. The molecule has 6 heteroatoms. The largest absolute Gasteiger partial charge is 0.329 e. The van der Waals surface area contributed by atoms with Crippen LogP contribution in [-0.4, -0.2) is 19.1 Å². The zero-order valence-electron chi connectivity index (χ0n) is 8.16. The highest BCUT2D eigenvalue weighted by atomic mass is 16.2. The van der Waals surface area contributed by atoms with Crippen LogP contribution in [0.1, 0.15) is 5.82 Å². The Hall–Kier alpha value is -1.85. The summed E-state index contributed by atoms with van der Waals surface area (Å²) in [5, 5.41) is 0. The molecule has 0 atom stereocenters. The minimum Gasteiger partial charge on any atom is -0.325 e. The van der Waals surface area contributed by atoms with Gasteiger partial charge in [0.25, 0.3) is 5.56 Å². The molecule has 2 aromatic rings. The average Bonchev–Trinajstić information content (AvgIpc) is 2.40. The molecule has 0 unspecified atom stereocenters. The Bertz CT molecular complexity index is 617. The monoisotopic (exact) mass is 194 g/mol. The third-order valence-corrected chi connectivity index (χ3v) is 2.36. The minimum absolute atomic E-state index is 0.397. The summed E-state index contributed by atoms with van der Waals surface area (Å²) in [5.74, 6) is 0.701. The molecule has 6 nitrogen and oxygen atoms in total. The summed E-state index contributed by atoms with van der Waals surface area (Å²) < 4.78 is 2.98. The molecular weight excluding hydrogens is 184 g/mol. The van der Waals surface area contributed by atoms with Gasteiger partial charge in [0.2, 0.25) is 0 Å². The molecule has 0 radical (unpaired) electrons. The van der Waals surface area contributed by atoms with Crippen LogP contribution in [0.5, 0.6) is 0 Å². The fraction of sp³-hybridized carbons (Fsp3) is 0.375. The summed E-state index contributed by atoms with van der Waals surface area (Å²) in [4.78, 5) is 29.1. The highest BCUT2D eigenvalue weighted by Gasteiger charge is 2.11. The minimum atomic E-state index is -0.444. The molecule has 0 bridgehead atoms. The van der Waals surface area contributed by atoms with E-state index < -0.39 is 11.2 Å². The summed E-state index contributed by atoms with van der Waals surface area (Å²) in [7, 11) is 3.32. The van der Waals surface area contributed by atoms with Crippen LogP contribution >= 0.6 is 0 Å². The Kier molecular flexibility index (Phi) is 1.60. The van der Waals surface area contributed by atoms with Crippen molar-refractivity contribution in [3.8, 4) is 0 Å². The molecular formula is C8H10N4O2. The van der Waals surface area contributed by atoms with Gasteiger partial charge in [-0.15, -0.1) is 0 Å². The second-order valence-electron chi connectivity index (χ2n) is 3.21. The van der Waals surface area contributed by atoms with E-state index in [1.165, 1.54) is 4.57 Å². The Morgan fingerprint density at radius 3 is 2.50 bits per heavy atom. The number of aryl methyl sites for hydroxylation is 3. The van der Waals surface area contributed by atoms with E-state index in [9.17, 15) is 9.59 Å². The standard InChI is InChI=1S/C8H10N4O2/c1-4-9-6-5(11(4)2)7(13)10-8(14)12(6)3/h1-3H3,(H,10,13,14).